The van der Waals surface area contributed by atoms with Gasteiger partial charge < -0.3 is 5.32 Å². The van der Waals surface area contributed by atoms with Crippen molar-refractivity contribution in [2.24, 2.45) is 0 Å². The Morgan fingerprint density at radius 1 is 1.21 bits per heavy atom. The van der Waals surface area contributed by atoms with Gasteiger partial charge >= 0.3 is 6.18 Å². The first-order valence-electron chi connectivity index (χ1n) is 10.7. The summed E-state index contributed by atoms with van der Waals surface area (Å²) in [5.74, 6) is -1.92. The monoisotopic (exact) mass is 473 g/mol. The number of hydrogen-bond acceptors (Lipinski definition) is 5. The highest BCUT2D eigenvalue weighted by Crippen LogP contribution is 2.29. The molecule has 8 nitrogen and oxygen atoms in total. The normalized spacial score (nSPS) is 19.0. The average molecular weight is 473 g/mol. The molecule has 1 saturated heterocycles. The third-order valence-electron chi connectivity index (χ3n) is 5.40. The van der Waals surface area contributed by atoms with Gasteiger partial charge in [0.25, 0.3) is 11.5 Å². The number of fused-ring (bicyclic) bond motifs is 1. The maximum atomic E-state index is 13.3. The maximum Gasteiger partial charge on any atom is 0.416 e. The number of carbonyl (C=O) groups excluding carboxylic acids is 3. The second-order valence-corrected chi connectivity index (χ2v) is 7.73. The molecule has 0 aliphatic carbocycles. The molecule has 2 N–H and O–H groups in total. The number of aromatic nitrogens is 2. The quantitative estimate of drug-likeness (QED) is 0.566. The first-order chi connectivity index (χ1) is 16.4. The molecule has 2 aromatic carbocycles. The second-order valence-electron chi connectivity index (χ2n) is 7.73. The molecule has 1 aliphatic rings. The highest BCUT2D eigenvalue weighted by Gasteiger charge is 2.31. The van der Waals surface area contributed by atoms with Gasteiger partial charge in [0.15, 0.2) is 0 Å². The summed E-state index contributed by atoms with van der Waals surface area (Å²) in [6.07, 6.45) is -4.80. The summed E-state index contributed by atoms with van der Waals surface area (Å²) in [6.45, 7) is 1.45. The molecule has 1 fully saturated rings. The highest BCUT2D eigenvalue weighted by molar-refractivity contribution is 5.99. The molecule has 0 unspecified atom stereocenters. The van der Waals surface area contributed by atoms with Gasteiger partial charge in [-0.1, -0.05) is 6.07 Å². The number of aryl methyl sites for hydroxylation is 1. The first-order valence-corrected chi connectivity index (χ1v) is 10.2. The fraction of sp³-hybridized carbons (Fsp3) is 0.261. The van der Waals surface area contributed by atoms with E-state index in [9.17, 15) is 32.3 Å². The second kappa shape index (κ2) is 8.73. The van der Waals surface area contributed by atoms with Crippen LogP contribution >= 0.6 is 0 Å². The van der Waals surface area contributed by atoms with Crippen molar-refractivity contribution >= 4 is 28.6 Å². The summed E-state index contributed by atoms with van der Waals surface area (Å²) < 4.78 is 47.6. The molecule has 1 atom stereocenters. The van der Waals surface area contributed by atoms with Crippen LogP contribution in [-0.2, 0) is 22.3 Å². The van der Waals surface area contributed by atoms with Crippen LogP contribution < -0.4 is 16.2 Å². The number of carbonyl (C=O) groups is 3. The predicted octanol–water partition coefficient (Wildman–Crippen LogP) is 2.63. The van der Waals surface area contributed by atoms with E-state index in [0.717, 1.165) is 28.8 Å². The smallest absolute Gasteiger partial charge is 0.348 e. The van der Waals surface area contributed by atoms with Gasteiger partial charge in [0, 0.05) is 18.5 Å². The number of alkyl halides is 3. The number of rotatable bonds is 4. The standard InChI is InChI=1S/C23H19F3N4O4/c1-12-28-17-7-2-13(11-27-20(32)14-3-5-15(6-4-14)23(24,25)26)10-16(17)22(34)30(12)18-8-9-19(31)29-21(18)33/h2-7,10,18H,8-9,11H2,1H3,(H,27,32)(H,29,31,33)/t18-/m1/s1/i18D. The van der Waals surface area contributed by atoms with E-state index in [1.165, 1.54) is 13.0 Å². The molecule has 11 heteroatoms. The number of piperidine rings is 1. The number of nitrogens with zero attached hydrogens (tertiary/aromatic N) is 2. The van der Waals surface area contributed by atoms with Crippen LogP contribution in [0.4, 0.5) is 13.2 Å². The van der Waals surface area contributed by atoms with E-state index in [0.29, 0.717) is 11.1 Å². The Balaban J connectivity index is 1.60. The van der Waals surface area contributed by atoms with E-state index in [1.807, 2.05) is 0 Å². The minimum absolute atomic E-state index is 0.0347. The van der Waals surface area contributed by atoms with Crippen molar-refractivity contribution in [3.8, 4) is 0 Å². The fourth-order valence-electron chi connectivity index (χ4n) is 3.69. The first kappa shape index (κ1) is 21.8. The number of imide groups is 1. The van der Waals surface area contributed by atoms with E-state index >= 15 is 0 Å². The van der Waals surface area contributed by atoms with Gasteiger partial charge in [-0.05, 0) is 55.3 Å². The number of hydrogen-bond donors (Lipinski definition) is 2. The summed E-state index contributed by atoms with van der Waals surface area (Å²) in [5, 5.41) is 4.76. The van der Waals surface area contributed by atoms with Crippen molar-refractivity contribution in [1.82, 2.24) is 20.2 Å². The number of benzene rings is 2. The molecule has 3 amide bonds. The molecule has 0 saturated carbocycles. The predicted molar refractivity (Wildman–Crippen MR) is 115 cm³/mol. The van der Waals surface area contributed by atoms with Crippen molar-refractivity contribution in [1.29, 1.82) is 0 Å². The number of amides is 3. The van der Waals surface area contributed by atoms with Crippen molar-refractivity contribution in [2.45, 2.75) is 38.5 Å². The van der Waals surface area contributed by atoms with Crippen LogP contribution in [0.25, 0.3) is 10.9 Å². The lowest BCUT2D eigenvalue weighted by molar-refractivity contribution is -0.138. The summed E-state index contributed by atoms with van der Waals surface area (Å²) >= 11 is 0. The Morgan fingerprint density at radius 3 is 2.56 bits per heavy atom. The van der Waals surface area contributed by atoms with Crippen LogP contribution in [0.3, 0.4) is 0 Å². The van der Waals surface area contributed by atoms with E-state index in [-0.39, 0.29) is 36.2 Å². The van der Waals surface area contributed by atoms with Crippen LogP contribution in [0.1, 0.15) is 47.5 Å². The zero-order valence-electron chi connectivity index (χ0n) is 18.8. The summed E-state index contributed by atoms with van der Waals surface area (Å²) in [6, 6.07) is 6.35. The van der Waals surface area contributed by atoms with Gasteiger partial charge in [0.1, 0.15) is 11.8 Å². The fourth-order valence-corrected chi connectivity index (χ4v) is 3.69. The van der Waals surface area contributed by atoms with Crippen molar-refractivity contribution in [2.75, 3.05) is 0 Å². The third kappa shape index (κ3) is 4.54. The van der Waals surface area contributed by atoms with Crippen LogP contribution in [0.2, 0.25) is 0 Å². The molecule has 34 heavy (non-hydrogen) atoms. The molecular formula is C23H19F3N4O4. The Morgan fingerprint density at radius 2 is 1.91 bits per heavy atom. The Kier molecular flexibility index (Phi) is 5.60. The van der Waals surface area contributed by atoms with Crippen molar-refractivity contribution < 1.29 is 28.9 Å². The summed E-state index contributed by atoms with van der Waals surface area (Å²) in [7, 11) is 0. The third-order valence-corrected chi connectivity index (χ3v) is 5.40. The van der Waals surface area contributed by atoms with Gasteiger partial charge in [-0.25, -0.2) is 4.98 Å². The summed E-state index contributed by atoms with van der Waals surface area (Å²) in [5.41, 5.74) is -0.673. The lowest BCUT2D eigenvalue weighted by Crippen LogP contribution is -2.45. The maximum absolute atomic E-state index is 13.3. The lowest BCUT2D eigenvalue weighted by atomic mass is 10.0. The van der Waals surface area contributed by atoms with Crippen LogP contribution in [-0.4, -0.2) is 27.3 Å². The Labute approximate surface area is 192 Å². The van der Waals surface area contributed by atoms with Crippen LogP contribution in [0.15, 0.2) is 47.3 Å². The SMILES string of the molecule is [2H][C@@]1(n2c(C)nc3ccc(CNC(=O)c4ccc(C(F)(F)F)cc4)cc3c2=O)CCC(=O)NC1=O. The van der Waals surface area contributed by atoms with E-state index < -0.39 is 41.0 Å². The Bertz CT molecular complexity index is 1420. The zero-order valence-corrected chi connectivity index (χ0v) is 17.8. The Hall–Kier alpha value is -4.02. The largest absolute Gasteiger partial charge is 0.416 e. The minimum Gasteiger partial charge on any atom is -0.348 e. The lowest BCUT2D eigenvalue weighted by Gasteiger charge is -2.24. The molecule has 2 heterocycles. The molecule has 176 valence electrons. The zero-order chi connectivity index (χ0) is 25.5. The molecule has 0 spiro atoms. The van der Waals surface area contributed by atoms with Gasteiger partial charge in [0.2, 0.25) is 11.8 Å². The average Bonchev–Trinajstić information content (AvgIpc) is 2.80. The van der Waals surface area contributed by atoms with Gasteiger partial charge in [0.05, 0.1) is 17.8 Å². The van der Waals surface area contributed by atoms with Crippen molar-refractivity contribution in [3.63, 3.8) is 0 Å². The number of nitrogens with one attached hydrogen (secondary N) is 2. The molecule has 0 bridgehead atoms. The molecule has 4 rings (SSSR count). The van der Waals surface area contributed by atoms with Gasteiger partial charge in [-0.3, -0.25) is 29.1 Å². The topological polar surface area (TPSA) is 110 Å². The number of halogens is 3. The van der Waals surface area contributed by atoms with Gasteiger partial charge in [-0.15, -0.1) is 0 Å². The molecule has 0 radical (unpaired) electrons. The van der Waals surface area contributed by atoms with Crippen LogP contribution in [0, 0.1) is 6.92 Å². The van der Waals surface area contributed by atoms with Crippen molar-refractivity contribution in [3.05, 3.63) is 75.3 Å². The highest BCUT2D eigenvalue weighted by atomic mass is 19.4. The van der Waals surface area contributed by atoms with E-state index in [1.54, 1.807) is 12.1 Å². The molecule has 3 aromatic rings. The molecule has 1 aliphatic heterocycles. The van der Waals surface area contributed by atoms with Gasteiger partial charge in [-0.2, -0.15) is 13.2 Å². The molecule has 1 aromatic heterocycles. The minimum atomic E-state index is -4.51. The summed E-state index contributed by atoms with van der Waals surface area (Å²) in [4.78, 5) is 53.9. The molecular weight excluding hydrogens is 453 g/mol. The van der Waals surface area contributed by atoms with E-state index in [2.05, 4.69) is 15.6 Å². The van der Waals surface area contributed by atoms with Crippen LogP contribution in [0.5, 0.6) is 0 Å². The van der Waals surface area contributed by atoms with E-state index in [4.69, 9.17) is 1.37 Å².